The predicted octanol–water partition coefficient (Wildman–Crippen LogP) is 5.79. The van der Waals surface area contributed by atoms with Gasteiger partial charge in [-0.25, -0.2) is 0 Å². The Labute approximate surface area is 137 Å². The standard InChI is InChI=1S/C22H23N/c1-2-7-20-17(4-1)18-5-3-6-19(21(18)23-20)22-11-14-8-15(12-22)10-16(9-14)13-22/h1-7,14-16,23H,8-13H2. The molecular formula is C22H23N. The van der Waals surface area contributed by atoms with E-state index in [1.54, 1.807) is 5.56 Å². The number of nitrogens with one attached hydrogen (secondary N) is 1. The van der Waals surface area contributed by atoms with Crippen molar-refractivity contribution in [3.05, 3.63) is 48.0 Å². The first-order valence-electron chi connectivity index (χ1n) is 9.31. The van der Waals surface area contributed by atoms with Gasteiger partial charge in [-0.2, -0.15) is 0 Å². The van der Waals surface area contributed by atoms with Crippen LogP contribution in [0.25, 0.3) is 21.8 Å². The fourth-order valence-corrected chi connectivity index (χ4v) is 6.76. The largest absolute Gasteiger partial charge is 0.354 e. The van der Waals surface area contributed by atoms with E-state index in [4.69, 9.17) is 0 Å². The molecule has 0 amide bonds. The zero-order valence-corrected chi connectivity index (χ0v) is 13.5. The molecule has 7 rings (SSSR count). The van der Waals surface area contributed by atoms with Crippen molar-refractivity contribution in [3.63, 3.8) is 0 Å². The van der Waals surface area contributed by atoms with Gasteiger partial charge >= 0.3 is 0 Å². The molecule has 0 aliphatic heterocycles. The highest BCUT2D eigenvalue weighted by molar-refractivity contribution is 6.08. The second kappa shape index (κ2) is 4.20. The van der Waals surface area contributed by atoms with Crippen molar-refractivity contribution in [2.45, 2.75) is 43.9 Å². The van der Waals surface area contributed by atoms with E-state index >= 15 is 0 Å². The lowest BCUT2D eigenvalue weighted by atomic mass is 9.48. The van der Waals surface area contributed by atoms with Gasteiger partial charge in [0, 0.05) is 16.3 Å². The van der Waals surface area contributed by atoms with Gasteiger partial charge in [-0.3, -0.25) is 0 Å². The Hall–Kier alpha value is -1.76. The number of benzene rings is 2. The van der Waals surface area contributed by atoms with Gasteiger partial charge in [0.1, 0.15) is 0 Å². The molecule has 0 saturated heterocycles. The van der Waals surface area contributed by atoms with Crippen molar-refractivity contribution in [1.82, 2.24) is 4.98 Å². The van der Waals surface area contributed by atoms with E-state index in [1.165, 1.54) is 60.3 Å². The van der Waals surface area contributed by atoms with Gasteiger partial charge in [0.05, 0.1) is 5.52 Å². The summed E-state index contributed by atoms with van der Waals surface area (Å²) < 4.78 is 0. The van der Waals surface area contributed by atoms with Crippen molar-refractivity contribution in [2.24, 2.45) is 17.8 Å². The summed E-state index contributed by atoms with van der Waals surface area (Å²) in [5.41, 5.74) is 4.82. The summed E-state index contributed by atoms with van der Waals surface area (Å²) in [7, 11) is 0. The Morgan fingerprint density at radius 1 is 0.739 bits per heavy atom. The number of aromatic nitrogens is 1. The van der Waals surface area contributed by atoms with E-state index in [1.807, 2.05) is 0 Å². The van der Waals surface area contributed by atoms with Crippen molar-refractivity contribution < 1.29 is 0 Å². The molecule has 4 aliphatic carbocycles. The normalized spacial score (nSPS) is 35.4. The number of para-hydroxylation sites is 2. The van der Waals surface area contributed by atoms with Crippen LogP contribution in [-0.2, 0) is 5.41 Å². The average Bonchev–Trinajstić information content (AvgIpc) is 2.92. The molecular weight excluding hydrogens is 278 g/mol. The van der Waals surface area contributed by atoms with Gasteiger partial charge in [-0.1, -0.05) is 36.4 Å². The number of H-pyrrole nitrogens is 1. The third-order valence-electron chi connectivity index (χ3n) is 7.15. The highest BCUT2D eigenvalue weighted by atomic mass is 14.7. The lowest BCUT2D eigenvalue weighted by molar-refractivity contribution is -0.00456. The van der Waals surface area contributed by atoms with Crippen LogP contribution in [0.5, 0.6) is 0 Å². The maximum Gasteiger partial charge on any atom is 0.0503 e. The minimum absolute atomic E-state index is 0.467. The summed E-state index contributed by atoms with van der Waals surface area (Å²) in [5.74, 6) is 3.00. The Kier molecular flexibility index (Phi) is 2.31. The number of hydrogen-bond acceptors (Lipinski definition) is 0. The van der Waals surface area contributed by atoms with Crippen molar-refractivity contribution in [1.29, 1.82) is 0 Å². The minimum atomic E-state index is 0.467. The highest BCUT2D eigenvalue weighted by Gasteiger charge is 2.52. The van der Waals surface area contributed by atoms with E-state index in [2.05, 4.69) is 47.4 Å². The molecule has 4 aliphatic rings. The summed E-state index contributed by atoms with van der Waals surface area (Å²) in [6.45, 7) is 0. The Morgan fingerprint density at radius 2 is 1.39 bits per heavy atom. The Morgan fingerprint density at radius 3 is 2.13 bits per heavy atom. The molecule has 3 aromatic rings. The van der Waals surface area contributed by atoms with Crippen LogP contribution in [0.2, 0.25) is 0 Å². The number of hydrogen-bond donors (Lipinski definition) is 1. The number of rotatable bonds is 1. The molecule has 0 atom stereocenters. The molecule has 4 bridgehead atoms. The van der Waals surface area contributed by atoms with Crippen LogP contribution in [0.15, 0.2) is 42.5 Å². The maximum atomic E-state index is 3.77. The zero-order chi connectivity index (χ0) is 15.0. The third-order valence-corrected chi connectivity index (χ3v) is 7.15. The first-order valence-corrected chi connectivity index (χ1v) is 9.31. The van der Waals surface area contributed by atoms with E-state index in [0.717, 1.165) is 17.8 Å². The second-order valence-corrected chi connectivity index (χ2v) is 8.60. The lowest BCUT2D eigenvalue weighted by Crippen LogP contribution is -2.48. The molecule has 1 heteroatoms. The lowest BCUT2D eigenvalue weighted by Gasteiger charge is -2.57. The first kappa shape index (κ1) is 12.6. The Bertz CT molecular complexity index is 881. The first-order chi connectivity index (χ1) is 11.3. The molecule has 4 fully saturated rings. The number of fused-ring (bicyclic) bond motifs is 3. The van der Waals surface area contributed by atoms with Crippen LogP contribution < -0.4 is 0 Å². The highest BCUT2D eigenvalue weighted by Crippen LogP contribution is 2.61. The SMILES string of the molecule is c1ccc2c(c1)[nH]c1c(C34CC5CC(CC(C5)C3)C4)cccc12. The molecule has 1 nitrogen and oxygen atoms in total. The second-order valence-electron chi connectivity index (χ2n) is 8.60. The van der Waals surface area contributed by atoms with Crippen molar-refractivity contribution in [2.75, 3.05) is 0 Å². The van der Waals surface area contributed by atoms with Gasteiger partial charge in [-0.05, 0) is 73.3 Å². The van der Waals surface area contributed by atoms with Gasteiger partial charge in [0.15, 0.2) is 0 Å². The van der Waals surface area contributed by atoms with E-state index in [0.29, 0.717) is 5.41 Å². The summed E-state index contributed by atoms with van der Waals surface area (Å²) >= 11 is 0. The fraction of sp³-hybridized carbons (Fsp3) is 0.455. The minimum Gasteiger partial charge on any atom is -0.354 e. The van der Waals surface area contributed by atoms with Gasteiger partial charge < -0.3 is 4.98 Å². The monoisotopic (exact) mass is 301 g/mol. The molecule has 1 heterocycles. The smallest absolute Gasteiger partial charge is 0.0503 e. The van der Waals surface area contributed by atoms with Crippen LogP contribution in [0, 0.1) is 17.8 Å². The van der Waals surface area contributed by atoms with E-state index in [-0.39, 0.29) is 0 Å². The molecule has 23 heavy (non-hydrogen) atoms. The van der Waals surface area contributed by atoms with Crippen LogP contribution >= 0.6 is 0 Å². The van der Waals surface area contributed by atoms with E-state index in [9.17, 15) is 0 Å². The molecule has 0 radical (unpaired) electrons. The molecule has 4 saturated carbocycles. The summed E-state index contributed by atoms with van der Waals surface area (Å²) in [5, 5.41) is 2.81. The summed E-state index contributed by atoms with van der Waals surface area (Å²) in [4.78, 5) is 3.77. The predicted molar refractivity (Wildman–Crippen MR) is 95.7 cm³/mol. The van der Waals surface area contributed by atoms with Crippen LogP contribution in [-0.4, -0.2) is 4.98 Å². The van der Waals surface area contributed by atoms with Crippen LogP contribution in [0.1, 0.15) is 44.1 Å². The topological polar surface area (TPSA) is 15.8 Å². The Balaban J connectivity index is 1.62. The molecule has 2 aromatic carbocycles. The summed E-state index contributed by atoms with van der Waals surface area (Å²) in [6, 6.07) is 15.8. The van der Waals surface area contributed by atoms with Crippen LogP contribution in [0.4, 0.5) is 0 Å². The van der Waals surface area contributed by atoms with Gasteiger partial charge in [0.25, 0.3) is 0 Å². The molecule has 0 spiro atoms. The molecule has 116 valence electrons. The van der Waals surface area contributed by atoms with Crippen molar-refractivity contribution >= 4 is 21.8 Å². The fourth-order valence-electron chi connectivity index (χ4n) is 6.76. The van der Waals surface area contributed by atoms with Gasteiger partial charge in [0.2, 0.25) is 0 Å². The number of aromatic amines is 1. The van der Waals surface area contributed by atoms with Gasteiger partial charge in [-0.15, -0.1) is 0 Å². The zero-order valence-electron chi connectivity index (χ0n) is 13.5. The van der Waals surface area contributed by atoms with Crippen molar-refractivity contribution in [3.8, 4) is 0 Å². The molecule has 1 aromatic heterocycles. The third kappa shape index (κ3) is 1.63. The maximum absolute atomic E-state index is 3.77. The quantitative estimate of drug-likeness (QED) is 0.585. The average molecular weight is 301 g/mol. The molecule has 1 N–H and O–H groups in total. The molecule has 0 unspecified atom stereocenters. The summed E-state index contributed by atoms with van der Waals surface area (Å²) in [6.07, 6.45) is 8.86. The van der Waals surface area contributed by atoms with E-state index < -0.39 is 0 Å². The van der Waals surface area contributed by atoms with Crippen LogP contribution in [0.3, 0.4) is 0 Å².